The fraction of sp³-hybridized carbons (Fsp3) is 0.435. The second-order valence-electron chi connectivity index (χ2n) is 8.36. The van der Waals surface area contributed by atoms with Gasteiger partial charge in [0.2, 0.25) is 11.8 Å². The quantitative estimate of drug-likeness (QED) is 0.664. The molecule has 0 saturated carbocycles. The molecule has 2 aromatic rings. The van der Waals surface area contributed by atoms with E-state index in [0.29, 0.717) is 44.8 Å². The van der Waals surface area contributed by atoms with Crippen LogP contribution in [0.5, 0.6) is 5.75 Å². The number of nitrogens with zero attached hydrogens (tertiary/aromatic N) is 3. The van der Waals surface area contributed by atoms with Gasteiger partial charge in [-0.1, -0.05) is 0 Å². The first-order chi connectivity index (χ1) is 16.7. The number of anilines is 1. The molecule has 2 aliphatic heterocycles. The summed E-state index contributed by atoms with van der Waals surface area (Å²) in [6, 6.07) is 7.59. The van der Waals surface area contributed by atoms with Crippen LogP contribution in [0.2, 0.25) is 0 Å². The Morgan fingerprint density at radius 1 is 1.03 bits per heavy atom. The lowest BCUT2D eigenvalue weighted by molar-refractivity contribution is -0.274. The van der Waals surface area contributed by atoms with Crippen LogP contribution in [0.25, 0.3) is 0 Å². The van der Waals surface area contributed by atoms with Crippen molar-refractivity contribution in [1.82, 2.24) is 14.7 Å². The summed E-state index contributed by atoms with van der Waals surface area (Å²) in [5, 5.41) is 2.64. The third-order valence-corrected chi connectivity index (χ3v) is 5.95. The van der Waals surface area contributed by atoms with Crippen LogP contribution in [0.4, 0.5) is 18.9 Å². The Hall–Kier alpha value is -3.54. The van der Waals surface area contributed by atoms with Gasteiger partial charge >= 0.3 is 6.36 Å². The number of likely N-dealkylation sites (tertiary alicyclic amines) is 1. The summed E-state index contributed by atoms with van der Waals surface area (Å²) in [5.41, 5.74) is 0.348. The summed E-state index contributed by atoms with van der Waals surface area (Å²) in [6.07, 6.45) is -2.01. The Morgan fingerprint density at radius 2 is 1.74 bits per heavy atom. The minimum atomic E-state index is -4.78. The third kappa shape index (κ3) is 6.32. The van der Waals surface area contributed by atoms with Gasteiger partial charge in [-0.05, 0) is 49.2 Å². The van der Waals surface area contributed by atoms with Crippen LogP contribution < -0.4 is 10.1 Å². The summed E-state index contributed by atoms with van der Waals surface area (Å²) >= 11 is 0. The van der Waals surface area contributed by atoms with Crippen molar-refractivity contribution >= 4 is 23.4 Å². The van der Waals surface area contributed by atoms with E-state index in [1.165, 1.54) is 18.4 Å². The molecule has 12 heteroatoms. The molecule has 1 atom stereocenters. The first kappa shape index (κ1) is 24.6. The monoisotopic (exact) mass is 494 g/mol. The molecule has 0 radical (unpaired) electrons. The summed E-state index contributed by atoms with van der Waals surface area (Å²) < 4.78 is 45.7. The van der Waals surface area contributed by atoms with Crippen molar-refractivity contribution in [2.24, 2.45) is 0 Å². The Labute approximate surface area is 199 Å². The van der Waals surface area contributed by atoms with Crippen molar-refractivity contribution in [2.45, 2.75) is 25.2 Å². The summed E-state index contributed by atoms with van der Waals surface area (Å²) in [6.45, 7) is 2.39. The fourth-order valence-corrected chi connectivity index (χ4v) is 4.29. The minimum Gasteiger partial charge on any atom is -0.459 e. The van der Waals surface area contributed by atoms with Gasteiger partial charge in [-0.15, -0.1) is 13.2 Å². The molecule has 2 aliphatic rings. The number of halogens is 3. The van der Waals surface area contributed by atoms with Gasteiger partial charge in [-0.2, -0.15) is 0 Å². The zero-order chi connectivity index (χ0) is 25.0. The standard InChI is InChI=1S/C23H25F3N4O5/c24-23(25,26)35-17-7-5-16(6-8-17)27-20(31)15-28-10-12-29(13-11-28)21(32)18-3-1-9-30(18)22(33)19-4-2-14-34-19/h2,4-8,14,18H,1,3,9-13,15H2,(H,27,31)/t18-/m0/s1. The number of hydrogen-bond donors (Lipinski definition) is 1. The number of carbonyl (C=O) groups is 3. The average Bonchev–Trinajstić information content (AvgIpc) is 3.52. The molecule has 1 aromatic heterocycles. The lowest BCUT2D eigenvalue weighted by Crippen LogP contribution is -2.55. The fourth-order valence-electron chi connectivity index (χ4n) is 4.29. The molecule has 2 saturated heterocycles. The molecule has 4 rings (SSSR count). The van der Waals surface area contributed by atoms with Crippen LogP contribution >= 0.6 is 0 Å². The molecule has 0 aliphatic carbocycles. The SMILES string of the molecule is O=C(CN1CCN(C(=O)[C@@H]2CCCN2C(=O)c2ccco2)CC1)Nc1ccc(OC(F)(F)F)cc1. The van der Waals surface area contributed by atoms with E-state index in [0.717, 1.165) is 18.6 Å². The molecule has 1 aromatic carbocycles. The lowest BCUT2D eigenvalue weighted by atomic mass is 10.1. The van der Waals surface area contributed by atoms with Gasteiger partial charge in [0.15, 0.2) is 5.76 Å². The molecule has 35 heavy (non-hydrogen) atoms. The van der Waals surface area contributed by atoms with Gasteiger partial charge in [-0.3, -0.25) is 19.3 Å². The normalized spacial score (nSPS) is 19.0. The number of nitrogens with one attached hydrogen (secondary N) is 1. The number of furan rings is 1. The van der Waals surface area contributed by atoms with Gasteiger partial charge in [0.05, 0.1) is 12.8 Å². The van der Waals surface area contributed by atoms with Crippen LogP contribution in [-0.2, 0) is 9.59 Å². The number of ether oxygens (including phenoxy) is 1. The van der Waals surface area contributed by atoms with Crippen molar-refractivity contribution in [1.29, 1.82) is 0 Å². The van der Waals surface area contributed by atoms with E-state index in [4.69, 9.17) is 4.42 Å². The number of carbonyl (C=O) groups excluding carboxylic acids is 3. The maximum Gasteiger partial charge on any atom is 0.573 e. The number of piperazine rings is 1. The highest BCUT2D eigenvalue weighted by Gasteiger charge is 2.38. The van der Waals surface area contributed by atoms with E-state index in [-0.39, 0.29) is 35.8 Å². The van der Waals surface area contributed by atoms with Crippen molar-refractivity contribution in [2.75, 3.05) is 44.6 Å². The molecular weight excluding hydrogens is 469 g/mol. The summed E-state index contributed by atoms with van der Waals surface area (Å²) in [7, 11) is 0. The number of benzene rings is 1. The molecule has 0 spiro atoms. The number of hydrogen-bond acceptors (Lipinski definition) is 6. The lowest BCUT2D eigenvalue weighted by Gasteiger charge is -2.37. The second kappa shape index (κ2) is 10.4. The van der Waals surface area contributed by atoms with Crippen LogP contribution in [-0.4, -0.2) is 84.1 Å². The molecule has 2 fully saturated rings. The largest absolute Gasteiger partial charge is 0.573 e. The van der Waals surface area contributed by atoms with Crippen LogP contribution in [0, 0.1) is 0 Å². The molecule has 0 bridgehead atoms. The van der Waals surface area contributed by atoms with Crippen LogP contribution in [0.15, 0.2) is 47.1 Å². The van der Waals surface area contributed by atoms with Crippen molar-refractivity contribution in [3.05, 3.63) is 48.4 Å². The van der Waals surface area contributed by atoms with Gasteiger partial charge in [0.1, 0.15) is 11.8 Å². The molecule has 1 N–H and O–H groups in total. The molecule has 3 amide bonds. The predicted molar refractivity (Wildman–Crippen MR) is 118 cm³/mol. The molecular formula is C23H25F3N4O5. The predicted octanol–water partition coefficient (Wildman–Crippen LogP) is 2.57. The van der Waals surface area contributed by atoms with E-state index in [2.05, 4.69) is 10.1 Å². The Morgan fingerprint density at radius 3 is 2.37 bits per heavy atom. The highest BCUT2D eigenvalue weighted by Crippen LogP contribution is 2.25. The molecule has 0 unspecified atom stereocenters. The summed E-state index contributed by atoms with van der Waals surface area (Å²) in [4.78, 5) is 43.3. The third-order valence-electron chi connectivity index (χ3n) is 5.95. The van der Waals surface area contributed by atoms with Crippen LogP contribution in [0.3, 0.4) is 0 Å². The van der Waals surface area contributed by atoms with E-state index in [1.54, 1.807) is 21.9 Å². The maximum absolute atomic E-state index is 13.1. The van der Waals surface area contributed by atoms with Gasteiger partial charge in [0, 0.05) is 38.4 Å². The topological polar surface area (TPSA) is 95.3 Å². The Kier molecular flexibility index (Phi) is 7.29. The van der Waals surface area contributed by atoms with Crippen molar-refractivity contribution in [3.63, 3.8) is 0 Å². The number of alkyl halides is 3. The van der Waals surface area contributed by atoms with E-state index < -0.39 is 12.4 Å². The van der Waals surface area contributed by atoms with E-state index >= 15 is 0 Å². The zero-order valence-corrected chi connectivity index (χ0v) is 18.8. The van der Waals surface area contributed by atoms with E-state index in [9.17, 15) is 27.6 Å². The number of amides is 3. The van der Waals surface area contributed by atoms with Crippen LogP contribution in [0.1, 0.15) is 23.4 Å². The summed E-state index contributed by atoms with van der Waals surface area (Å²) in [5.74, 6) is -0.877. The van der Waals surface area contributed by atoms with Crippen molar-refractivity contribution < 1.29 is 36.7 Å². The molecule has 188 valence electrons. The molecule has 3 heterocycles. The Bertz CT molecular complexity index is 1030. The van der Waals surface area contributed by atoms with Gasteiger partial charge in [-0.25, -0.2) is 0 Å². The van der Waals surface area contributed by atoms with Gasteiger partial charge < -0.3 is 24.3 Å². The average molecular weight is 494 g/mol. The zero-order valence-electron chi connectivity index (χ0n) is 18.8. The Balaban J connectivity index is 1.24. The van der Waals surface area contributed by atoms with Crippen molar-refractivity contribution in [3.8, 4) is 5.75 Å². The maximum atomic E-state index is 13.1. The highest BCUT2D eigenvalue weighted by molar-refractivity contribution is 5.96. The first-order valence-corrected chi connectivity index (χ1v) is 11.2. The minimum absolute atomic E-state index is 0.0787. The highest BCUT2D eigenvalue weighted by atomic mass is 19.4. The van der Waals surface area contributed by atoms with Gasteiger partial charge in [0.25, 0.3) is 5.91 Å². The van der Waals surface area contributed by atoms with E-state index in [1.807, 2.05) is 4.90 Å². The molecule has 9 nitrogen and oxygen atoms in total. The number of rotatable bonds is 6. The second-order valence-corrected chi connectivity index (χ2v) is 8.36. The smallest absolute Gasteiger partial charge is 0.459 e. The first-order valence-electron chi connectivity index (χ1n) is 11.2.